The van der Waals surface area contributed by atoms with E-state index in [1.807, 2.05) is 5.56 Å². The topological polar surface area (TPSA) is 20.2 Å². The van der Waals surface area contributed by atoms with Crippen molar-refractivity contribution in [1.29, 1.82) is 0 Å². The minimum Gasteiger partial charge on any atom is -0.507 e. The summed E-state index contributed by atoms with van der Waals surface area (Å²) in [5.74, 6) is 9.46. The van der Waals surface area contributed by atoms with Crippen molar-refractivity contribution < 1.29 is 5.11 Å². The summed E-state index contributed by atoms with van der Waals surface area (Å²) in [5.41, 5.74) is 7.56. The highest BCUT2D eigenvalue weighted by Gasteiger charge is 2.59. The van der Waals surface area contributed by atoms with Gasteiger partial charge in [0.15, 0.2) is 0 Å². The zero-order chi connectivity index (χ0) is 25.0. The number of phenols is 1. The molecule has 12 aliphatic carbocycles. The van der Waals surface area contributed by atoms with E-state index in [4.69, 9.17) is 0 Å². The maximum atomic E-state index is 12.3. The summed E-state index contributed by atoms with van der Waals surface area (Å²) < 4.78 is 0. The summed E-state index contributed by atoms with van der Waals surface area (Å²) in [6.45, 7) is 2.41. The van der Waals surface area contributed by atoms with Crippen molar-refractivity contribution in [1.82, 2.24) is 0 Å². The molecule has 0 amide bonds. The van der Waals surface area contributed by atoms with Crippen LogP contribution in [0.15, 0.2) is 6.07 Å². The second-order valence-electron chi connectivity index (χ2n) is 17.9. The molecule has 1 N–H and O–H groups in total. The Kier molecular flexibility index (Phi) is 4.33. The molecule has 1 heteroatoms. The zero-order valence-electron chi connectivity index (χ0n) is 23.9. The molecule has 13 rings (SSSR count). The van der Waals surface area contributed by atoms with Gasteiger partial charge in [0.2, 0.25) is 0 Å². The third-order valence-corrected chi connectivity index (χ3v) is 15.3. The Labute approximate surface area is 230 Å². The van der Waals surface area contributed by atoms with Gasteiger partial charge in [-0.15, -0.1) is 0 Å². The van der Waals surface area contributed by atoms with Crippen molar-refractivity contribution in [3.05, 3.63) is 28.3 Å². The molecule has 0 spiro atoms. The fraction of sp³-hybridized carbons (Fsp3) is 0.838. The average Bonchev–Trinajstić information content (AvgIpc) is 2.82. The van der Waals surface area contributed by atoms with Gasteiger partial charge >= 0.3 is 0 Å². The molecular weight excluding hydrogens is 460 g/mol. The summed E-state index contributed by atoms with van der Waals surface area (Å²) in [7, 11) is 0. The highest BCUT2D eigenvalue weighted by atomic mass is 16.3. The van der Waals surface area contributed by atoms with Crippen LogP contribution >= 0.6 is 0 Å². The molecule has 12 aliphatic rings. The molecule has 0 unspecified atom stereocenters. The van der Waals surface area contributed by atoms with E-state index in [0.717, 1.165) is 59.0 Å². The first-order chi connectivity index (χ1) is 18.4. The van der Waals surface area contributed by atoms with Crippen molar-refractivity contribution in [3.63, 3.8) is 0 Å². The molecule has 1 aromatic rings. The number of phenolic OH excluding ortho intramolecular Hbond substituents is 1. The van der Waals surface area contributed by atoms with Crippen LogP contribution in [0.5, 0.6) is 5.75 Å². The third kappa shape index (κ3) is 2.91. The standard InChI is InChI=1S/C37H50O/c1-21-33(37-18-28-8-29(19-37)10-30(9-28)20-37)31(35-12-22-2-23(13-35)4-24(3-22)14-35)11-32(34(21)38)36-15-25-5-26(16-36)7-27(6-25)17-36/h11,22-30,38H,2-10,12-20H2,1H3. The van der Waals surface area contributed by atoms with Gasteiger partial charge in [-0.1, -0.05) is 6.07 Å². The first-order valence-corrected chi connectivity index (χ1v) is 17.3. The highest BCUT2D eigenvalue weighted by molar-refractivity contribution is 5.58. The van der Waals surface area contributed by atoms with Crippen LogP contribution in [0.4, 0.5) is 0 Å². The predicted molar refractivity (Wildman–Crippen MR) is 152 cm³/mol. The van der Waals surface area contributed by atoms with Gasteiger partial charge in [0.25, 0.3) is 0 Å². The molecule has 0 radical (unpaired) electrons. The van der Waals surface area contributed by atoms with Crippen LogP contribution in [0, 0.1) is 60.2 Å². The number of aromatic hydroxyl groups is 1. The van der Waals surface area contributed by atoms with E-state index in [2.05, 4.69) is 13.0 Å². The van der Waals surface area contributed by atoms with E-state index in [-0.39, 0.29) is 0 Å². The molecule has 0 aliphatic heterocycles. The van der Waals surface area contributed by atoms with Crippen molar-refractivity contribution in [2.45, 2.75) is 139 Å². The zero-order valence-corrected chi connectivity index (χ0v) is 23.9. The Morgan fingerprint density at radius 2 is 0.763 bits per heavy atom. The van der Waals surface area contributed by atoms with Crippen LogP contribution in [-0.2, 0) is 16.2 Å². The van der Waals surface area contributed by atoms with Crippen LogP contribution in [0.25, 0.3) is 0 Å². The molecule has 12 bridgehead atoms. The quantitative estimate of drug-likeness (QED) is 0.430. The molecule has 12 fully saturated rings. The lowest BCUT2D eigenvalue weighted by Gasteiger charge is -2.62. The van der Waals surface area contributed by atoms with Gasteiger partial charge in [0.1, 0.15) is 5.75 Å². The normalized spacial score (nSPS) is 54.8. The predicted octanol–water partition coefficient (Wildman–Crippen LogP) is 9.10. The van der Waals surface area contributed by atoms with Gasteiger partial charge in [0, 0.05) is 5.56 Å². The third-order valence-electron chi connectivity index (χ3n) is 15.3. The molecule has 204 valence electrons. The molecule has 1 aromatic carbocycles. The van der Waals surface area contributed by atoms with E-state index in [0.29, 0.717) is 16.2 Å². The summed E-state index contributed by atoms with van der Waals surface area (Å²) in [6, 6.07) is 2.80. The molecule has 1 nitrogen and oxygen atoms in total. The lowest BCUT2D eigenvalue weighted by Crippen LogP contribution is -2.53. The minimum absolute atomic E-state index is 0.292. The molecule has 38 heavy (non-hydrogen) atoms. The van der Waals surface area contributed by atoms with Gasteiger partial charge < -0.3 is 5.11 Å². The van der Waals surface area contributed by atoms with Gasteiger partial charge in [0.05, 0.1) is 0 Å². The number of hydrogen-bond donors (Lipinski definition) is 1. The molecule has 12 saturated carbocycles. The fourth-order valence-electron chi connectivity index (χ4n) is 15.6. The molecule has 0 atom stereocenters. The minimum atomic E-state index is 0.292. The highest BCUT2D eigenvalue weighted by Crippen LogP contribution is 2.68. The smallest absolute Gasteiger partial charge is 0.122 e. The first-order valence-electron chi connectivity index (χ1n) is 17.3. The fourth-order valence-corrected chi connectivity index (χ4v) is 15.6. The van der Waals surface area contributed by atoms with Gasteiger partial charge in [-0.25, -0.2) is 0 Å². The van der Waals surface area contributed by atoms with Gasteiger partial charge in [-0.3, -0.25) is 0 Å². The number of rotatable bonds is 3. The summed E-state index contributed by atoms with van der Waals surface area (Å²) in [5, 5.41) is 12.3. The van der Waals surface area contributed by atoms with Crippen LogP contribution in [0.2, 0.25) is 0 Å². The van der Waals surface area contributed by atoms with Crippen molar-refractivity contribution >= 4 is 0 Å². The SMILES string of the molecule is Cc1c(O)c(C23CC4CC(CC(C4)C2)C3)cc(C23CC4CC(CC(C4)C2)C3)c1C12CC3CC(CC(C3)C1)C2. The Morgan fingerprint density at radius 3 is 1.11 bits per heavy atom. The largest absolute Gasteiger partial charge is 0.507 e. The second-order valence-corrected chi connectivity index (χ2v) is 17.9. The summed E-state index contributed by atoms with van der Waals surface area (Å²) in [4.78, 5) is 0. The van der Waals surface area contributed by atoms with Gasteiger partial charge in [-0.05, 0) is 209 Å². The Hall–Kier alpha value is -0.980. The molecule has 0 saturated heterocycles. The molecule has 0 aromatic heterocycles. The van der Waals surface area contributed by atoms with Gasteiger partial charge in [-0.2, -0.15) is 0 Å². The maximum Gasteiger partial charge on any atom is 0.122 e. The van der Waals surface area contributed by atoms with E-state index >= 15 is 0 Å². The second kappa shape index (κ2) is 7.26. The lowest BCUT2D eigenvalue weighted by atomic mass is 9.43. The Bertz CT molecular complexity index is 1100. The van der Waals surface area contributed by atoms with Crippen LogP contribution in [-0.4, -0.2) is 5.11 Å². The average molecular weight is 511 g/mol. The maximum absolute atomic E-state index is 12.3. The van der Waals surface area contributed by atoms with E-state index in [1.165, 1.54) is 127 Å². The van der Waals surface area contributed by atoms with E-state index < -0.39 is 0 Å². The monoisotopic (exact) mass is 510 g/mol. The van der Waals surface area contributed by atoms with Crippen LogP contribution in [0.3, 0.4) is 0 Å². The molecular formula is C37H50O. The first kappa shape index (κ1) is 22.7. The molecule has 0 heterocycles. The summed E-state index contributed by atoms with van der Waals surface area (Å²) in [6.07, 6.45) is 26.5. The van der Waals surface area contributed by atoms with Crippen molar-refractivity contribution in [2.24, 2.45) is 53.3 Å². The number of hydrogen-bond acceptors (Lipinski definition) is 1. The number of benzene rings is 1. The van der Waals surface area contributed by atoms with E-state index in [9.17, 15) is 5.11 Å². The van der Waals surface area contributed by atoms with Crippen LogP contribution < -0.4 is 0 Å². The van der Waals surface area contributed by atoms with Crippen LogP contribution in [0.1, 0.15) is 138 Å². The Morgan fingerprint density at radius 1 is 0.474 bits per heavy atom. The van der Waals surface area contributed by atoms with Crippen molar-refractivity contribution in [3.8, 4) is 5.75 Å². The summed E-state index contributed by atoms with van der Waals surface area (Å²) >= 11 is 0. The van der Waals surface area contributed by atoms with Crippen molar-refractivity contribution in [2.75, 3.05) is 0 Å². The lowest BCUT2D eigenvalue weighted by molar-refractivity contribution is -0.0189. The Balaban J connectivity index is 1.19. The van der Waals surface area contributed by atoms with E-state index in [1.54, 1.807) is 5.56 Å².